The van der Waals surface area contributed by atoms with Gasteiger partial charge < -0.3 is 9.15 Å². The van der Waals surface area contributed by atoms with Crippen LogP contribution in [0.4, 0.5) is 0 Å². The van der Waals surface area contributed by atoms with Gasteiger partial charge in [-0.1, -0.05) is 12.1 Å². The Morgan fingerprint density at radius 1 is 1.25 bits per heavy atom. The highest BCUT2D eigenvalue weighted by molar-refractivity contribution is 6.09. The normalized spacial score (nSPS) is 10.1. The monoisotopic (exact) mass is 216 g/mol. The average Bonchev–Trinajstić information content (AvgIpc) is 2.75. The van der Waals surface area contributed by atoms with Crippen molar-refractivity contribution in [2.45, 2.75) is 6.92 Å². The van der Waals surface area contributed by atoms with Gasteiger partial charge >= 0.3 is 0 Å². The summed E-state index contributed by atoms with van der Waals surface area (Å²) < 4.78 is 10.2. The van der Waals surface area contributed by atoms with Crippen LogP contribution in [0.1, 0.15) is 21.7 Å². The van der Waals surface area contributed by atoms with Gasteiger partial charge in [-0.25, -0.2) is 0 Å². The first kappa shape index (κ1) is 10.5. The second kappa shape index (κ2) is 4.23. The Morgan fingerprint density at radius 2 is 2.06 bits per heavy atom. The lowest BCUT2D eigenvalue weighted by Crippen LogP contribution is -1.99. The standard InChI is InChI=1S/C13H12O3/c1-9-6-11(8-16-9)13(14)10-4-3-5-12(7-10)15-2/h3-8H,1-2H3. The first-order valence-corrected chi connectivity index (χ1v) is 4.94. The number of hydrogen-bond acceptors (Lipinski definition) is 3. The molecule has 0 saturated carbocycles. The van der Waals surface area contributed by atoms with Crippen molar-refractivity contribution in [3.8, 4) is 5.75 Å². The molecule has 0 fully saturated rings. The van der Waals surface area contributed by atoms with E-state index in [1.54, 1.807) is 37.4 Å². The first-order chi connectivity index (χ1) is 7.70. The fourth-order valence-corrected chi connectivity index (χ4v) is 1.49. The third kappa shape index (κ3) is 1.98. The van der Waals surface area contributed by atoms with Crippen molar-refractivity contribution in [2.24, 2.45) is 0 Å². The fourth-order valence-electron chi connectivity index (χ4n) is 1.49. The van der Waals surface area contributed by atoms with Gasteiger partial charge in [0.25, 0.3) is 0 Å². The topological polar surface area (TPSA) is 39.4 Å². The van der Waals surface area contributed by atoms with E-state index in [1.165, 1.54) is 6.26 Å². The number of ether oxygens (including phenoxy) is 1. The summed E-state index contributed by atoms with van der Waals surface area (Å²) in [6, 6.07) is 8.79. The van der Waals surface area contributed by atoms with Gasteiger partial charge in [-0.3, -0.25) is 4.79 Å². The molecule has 1 aromatic carbocycles. The molecule has 0 aliphatic heterocycles. The second-order valence-corrected chi connectivity index (χ2v) is 3.51. The average molecular weight is 216 g/mol. The quantitative estimate of drug-likeness (QED) is 0.740. The zero-order valence-electron chi connectivity index (χ0n) is 9.19. The number of hydrogen-bond donors (Lipinski definition) is 0. The molecule has 0 saturated heterocycles. The third-order valence-electron chi connectivity index (χ3n) is 2.32. The lowest BCUT2D eigenvalue weighted by Gasteiger charge is -2.01. The van der Waals surface area contributed by atoms with Crippen molar-refractivity contribution in [2.75, 3.05) is 7.11 Å². The molecule has 0 amide bonds. The molecule has 0 aliphatic rings. The maximum atomic E-state index is 12.0. The van der Waals surface area contributed by atoms with E-state index in [0.29, 0.717) is 16.9 Å². The number of ketones is 1. The summed E-state index contributed by atoms with van der Waals surface area (Å²) in [5.74, 6) is 1.34. The van der Waals surface area contributed by atoms with Crippen molar-refractivity contribution in [1.29, 1.82) is 0 Å². The van der Waals surface area contributed by atoms with Crippen LogP contribution in [0.5, 0.6) is 5.75 Å². The fraction of sp³-hybridized carbons (Fsp3) is 0.154. The van der Waals surface area contributed by atoms with Gasteiger partial charge in [-0.05, 0) is 25.1 Å². The third-order valence-corrected chi connectivity index (χ3v) is 2.32. The Labute approximate surface area is 93.7 Å². The molecule has 3 heteroatoms. The van der Waals surface area contributed by atoms with Gasteiger partial charge in [0, 0.05) is 5.56 Å². The van der Waals surface area contributed by atoms with Crippen molar-refractivity contribution >= 4 is 5.78 Å². The molecule has 16 heavy (non-hydrogen) atoms. The highest BCUT2D eigenvalue weighted by atomic mass is 16.5. The largest absolute Gasteiger partial charge is 0.497 e. The van der Waals surface area contributed by atoms with Gasteiger partial charge in [0.1, 0.15) is 17.8 Å². The first-order valence-electron chi connectivity index (χ1n) is 4.94. The van der Waals surface area contributed by atoms with Crippen molar-refractivity contribution in [3.05, 3.63) is 53.5 Å². The zero-order chi connectivity index (χ0) is 11.5. The van der Waals surface area contributed by atoms with Crippen LogP contribution in [0, 0.1) is 6.92 Å². The number of rotatable bonds is 3. The van der Waals surface area contributed by atoms with E-state index in [-0.39, 0.29) is 5.78 Å². The van der Waals surface area contributed by atoms with Gasteiger partial charge in [-0.2, -0.15) is 0 Å². The summed E-state index contributed by atoms with van der Waals surface area (Å²) in [6.07, 6.45) is 1.47. The van der Waals surface area contributed by atoms with Crippen LogP contribution in [0.15, 0.2) is 41.0 Å². The Hall–Kier alpha value is -2.03. The summed E-state index contributed by atoms with van der Waals surface area (Å²) in [5, 5.41) is 0. The van der Waals surface area contributed by atoms with E-state index in [4.69, 9.17) is 9.15 Å². The van der Waals surface area contributed by atoms with Crippen molar-refractivity contribution in [1.82, 2.24) is 0 Å². The molecule has 1 heterocycles. The summed E-state index contributed by atoms with van der Waals surface area (Å²) in [5.41, 5.74) is 1.16. The Kier molecular flexibility index (Phi) is 2.77. The molecule has 1 aromatic heterocycles. The molecule has 0 spiro atoms. The SMILES string of the molecule is COc1cccc(C(=O)c2coc(C)c2)c1. The van der Waals surface area contributed by atoms with Gasteiger partial charge in [0.15, 0.2) is 5.78 Å². The molecule has 0 atom stereocenters. The molecule has 2 rings (SSSR count). The second-order valence-electron chi connectivity index (χ2n) is 3.51. The van der Waals surface area contributed by atoms with Crippen LogP contribution in [0.2, 0.25) is 0 Å². The van der Waals surface area contributed by atoms with Crippen LogP contribution in [-0.2, 0) is 0 Å². The summed E-state index contributed by atoms with van der Waals surface area (Å²) in [4.78, 5) is 12.0. The Bertz CT molecular complexity index is 511. The van der Waals surface area contributed by atoms with E-state index in [9.17, 15) is 4.79 Å². The van der Waals surface area contributed by atoms with E-state index in [2.05, 4.69) is 0 Å². The lowest BCUT2D eigenvalue weighted by molar-refractivity contribution is 0.103. The molecule has 0 N–H and O–H groups in total. The maximum Gasteiger partial charge on any atom is 0.196 e. The molecule has 0 unspecified atom stereocenters. The molecule has 3 nitrogen and oxygen atoms in total. The zero-order valence-corrected chi connectivity index (χ0v) is 9.19. The smallest absolute Gasteiger partial charge is 0.196 e. The minimum Gasteiger partial charge on any atom is -0.497 e. The van der Waals surface area contributed by atoms with Crippen LogP contribution in [-0.4, -0.2) is 12.9 Å². The number of carbonyl (C=O) groups is 1. The highest BCUT2D eigenvalue weighted by Crippen LogP contribution is 2.17. The summed E-state index contributed by atoms with van der Waals surface area (Å²) in [6.45, 7) is 1.81. The van der Waals surface area contributed by atoms with E-state index in [0.717, 1.165) is 5.76 Å². The predicted molar refractivity (Wildman–Crippen MR) is 59.9 cm³/mol. The molecule has 82 valence electrons. The Balaban J connectivity index is 2.33. The van der Waals surface area contributed by atoms with Gasteiger partial charge in [0.05, 0.1) is 12.7 Å². The molecule has 0 bridgehead atoms. The Morgan fingerprint density at radius 3 is 2.69 bits per heavy atom. The van der Waals surface area contributed by atoms with E-state index >= 15 is 0 Å². The van der Waals surface area contributed by atoms with E-state index in [1.807, 2.05) is 6.92 Å². The number of aryl methyl sites for hydroxylation is 1. The van der Waals surface area contributed by atoms with Crippen molar-refractivity contribution in [3.63, 3.8) is 0 Å². The molecule has 0 radical (unpaired) electrons. The number of benzene rings is 1. The van der Waals surface area contributed by atoms with Crippen LogP contribution < -0.4 is 4.74 Å². The highest BCUT2D eigenvalue weighted by Gasteiger charge is 2.11. The maximum absolute atomic E-state index is 12.0. The summed E-state index contributed by atoms with van der Waals surface area (Å²) in [7, 11) is 1.57. The molecule has 2 aromatic rings. The summed E-state index contributed by atoms with van der Waals surface area (Å²) >= 11 is 0. The molecular formula is C13H12O3. The molecule has 0 aliphatic carbocycles. The minimum absolute atomic E-state index is 0.0595. The van der Waals surface area contributed by atoms with Gasteiger partial charge in [0.2, 0.25) is 0 Å². The lowest BCUT2D eigenvalue weighted by atomic mass is 10.1. The van der Waals surface area contributed by atoms with Crippen molar-refractivity contribution < 1.29 is 13.9 Å². The predicted octanol–water partition coefficient (Wildman–Crippen LogP) is 2.83. The molecular weight excluding hydrogens is 204 g/mol. The van der Waals surface area contributed by atoms with Gasteiger partial charge in [-0.15, -0.1) is 0 Å². The number of methoxy groups -OCH3 is 1. The van der Waals surface area contributed by atoms with Crippen LogP contribution >= 0.6 is 0 Å². The van der Waals surface area contributed by atoms with Crippen LogP contribution in [0.3, 0.4) is 0 Å². The minimum atomic E-state index is -0.0595. The number of furan rings is 1. The van der Waals surface area contributed by atoms with Crippen LogP contribution in [0.25, 0.3) is 0 Å². The van der Waals surface area contributed by atoms with E-state index < -0.39 is 0 Å². The number of carbonyl (C=O) groups excluding carboxylic acids is 1.